The van der Waals surface area contributed by atoms with E-state index in [1.165, 1.54) is 6.92 Å². The van der Waals surface area contributed by atoms with Crippen molar-refractivity contribution in [2.45, 2.75) is 33.2 Å². The van der Waals surface area contributed by atoms with E-state index in [0.717, 1.165) is 11.4 Å². The molecule has 1 aromatic heterocycles. The Hall–Kier alpha value is -2.69. The number of hydrogen-bond donors (Lipinski definition) is 2. The summed E-state index contributed by atoms with van der Waals surface area (Å²) in [4.78, 5) is 27.6. The minimum absolute atomic E-state index is 0.0148. The predicted molar refractivity (Wildman–Crippen MR) is 91.2 cm³/mol. The van der Waals surface area contributed by atoms with Crippen LogP contribution in [0.1, 0.15) is 48.5 Å². The van der Waals surface area contributed by atoms with Gasteiger partial charge in [-0.05, 0) is 52.0 Å². The Labute approximate surface area is 136 Å². The Kier molecular flexibility index (Phi) is 4.79. The Balaban J connectivity index is 2.10. The normalized spacial score (nSPS) is 11.0. The zero-order valence-corrected chi connectivity index (χ0v) is 13.8. The lowest BCUT2D eigenvalue weighted by molar-refractivity contribution is 0.0913. The standard InChI is InChI=1S/C18H21N3O2/c1-12(22)13-6-5-7-14(10-13)20-15-8-9-16(19-11-15)17(23)21-18(2,3)4/h5-11,20H,1-4H3,(H,21,23). The molecule has 0 bridgehead atoms. The Morgan fingerprint density at radius 3 is 2.35 bits per heavy atom. The first-order valence-corrected chi connectivity index (χ1v) is 7.41. The van der Waals surface area contributed by atoms with Crippen LogP contribution in [0.15, 0.2) is 42.6 Å². The molecule has 0 fully saturated rings. The van der Waals surface area contributed by atoms with Crippen molar-refractivity contribution in [1.29, 1.82) is 0 Å². The smallest absolute Gasteiger partial charge is 0.270 e. The van der Waals surface area contributed by atoms with Crippen molar-refractivity contribution in [1.82, 2.24) is 10.3 Å². The molecule has 0 atom stereocenters. The summed E-state index contributed by atoms with van der Waals surface area (Å²) in [6, 6.07) is 10.7. The van der Waals surface area contributed by atoms with E-state index < -0.39 is 0 Å². The summed E-state index contributed by atoms with van der Waals surface area (Å²) < 4.78 is 0. The predicted octanol–water partition coefficient (Wildman–Crippen LogP) is 3.56. The molecule has 2 N–H and O–H groups in total. The van der Waals surface area contributed by atoms with Crippen LogP contribution in [0, 0.1) is 0 Å². The van der Waals surface area contributed by atoms with Crippen molar-refractivity contribution in [2.75, 3.05) is 5.32 Å². The average molecular weight is 311 g/mol. The fourth-order valence-corrected chi connectivity index (χ4v) is 1.99. The molecule has 0 aliphatic rings. The molecule has 23 heavy (non-hydrogen) atoms. The number of ketones is 1. The molecule has 0 radical (unpaired) electrons. The molecule has 0 saturated heterocycles. The molecular formula is C18H21N3O2. The number of rotatable bonds is 4. The van der Waals surface area contributed by atoms with E-state index in [1.807, 2.05) is 32.9 Å². The van der Waals surface area contributed by atoms with Crippen molar-refractivity contribution >= 4 is 23.1 Å². The van der Waals surface area contributed by atoms with Crippen molar-refractivity contribution in [2.24, 2.45) is 0 Å². The zero-order chi connectivity index (χ0) is 17.0. The van der Waals surface area contributed by atoms with E-state index >= 15 is 0 Å². The quantitative estimate of drug-likeness (QED) is 0.847. The van der Waals surface area contributed by atoms with Gasteiger partial charge in [-0.15, -0.1) is 0 Å². The van der Waals surface area contributed by atoms with E-state index in [1.54, 1.807) is 30.5 Å². The summed E-state index contributed by atoms with van der Waals surface area (Å²) in [5, 5.41) is 6.03. The summed E-state index contributed by atoms with van der Waals surface area (Å²) in [6.07, 6.45) is 1.60. The number of benzene rings is 1. The lowest BCUT2D eigenvalue weighted by atomic mass is 10.1. The first-order chi connectivity index (χ1) is 10.7. The van der Waals surface area contributed by atoms with Crippen LogP contribution in [0.3, 0.4) is 0 Å². The maximum absolute atomic E-state index is 12.0. The Morgan fingerprint density at radius 1 is 1.04 bits per heavy atom. The monoisotopic (exact) mass is 311 g/mol. The molecule has 0 aliphatic carbocycles. The number of nitrogens with one attached hydrogen (secondary N) is 2. The van der Waals surface area contributed by atoms with Gasteiger partial charge in [0, 0.05) is 16.8 Å². The first kappa shape index (κ1) is 16.7. The van der Waals surface area contributed by atoms with E-state index in [4.69, 9.17) is 0 Å². The van der Waals surface area contributed by atoms with Crippen LogP contribution in [0.2, 0.25) is 0 Å². The number of amides is 1. The van der Waals surface area contributed by atoms with Gasteiger partial charge in [0.05, 0.1) is 11.9 Å². The van der Waals surface area contributed by atoms with E-state index in [9.17, 15) is 9.59 Å². The number of nitrogens with zero attached hydrogens (tertiary/aromatic N) is 1. The molecule has 1 amide bonds. The summed E-state index contributed by atoms with van der Waals surface area (Å²) in [5.41, 5.74) is 2.25. The second-order valence-electron chi connectivity index (χ2n) is 6.40. The second-order valence-corrected chi connectivity index (χ2v) is 6.40. The number of carbonyl (C=O) groups excluding carboxylic acids is 2. The van der Waals surface area contributed by atoms with Gasteiger partial charge in [-0.2, -0.15) is 0 Å². The molecule has 0 saturated carbocycles. The van der Waals surface area contributed by atoms with Crippen molar-refractivity contribution in [3.05, 3.63) is 53.9 Å². The van der Waals surface area contributed by atoms with Gasteiger partial charge in [0.1, 0.15) is 5.69 Å². The number of aromatic nitrogens is 1. The van der Waals surface area contributed by atoms with Crippen LogP contribution in [-0.4, -0.2) is 22.2 Å². The third-order valence-corrected chi connectivity index (χ3v) is 3.04. The van der Waals surface area contributed by atoms with Crippen LogP contribution in [-0.2, 0) is 0 Å². The van der Waals surface area contributed by atoms with Crippen molar-refractivity contribution in [3.8, 4) is 0 Å². The maximum Gasteiger partial charge on any atom is 0.270 e. The van der Waals surface area contributed by atoms with Crippen LogP contribution in [0.5, 0.6) is 0 Å². The summed E-state index contributed by atoms with van der Waals surface area (Å²) in [6.45, 7) is 7.29. The van der Waals surface area contributed by atoms with Crippen LogP contribution in [0.4, 0.5) is 11.4 Å². The van der Waals surface area contributed by atoms with Gasteiger partial charge < -0.3 is 10.6 Å². The highest BCUT2D eigenvalue weighted by Crippen LogP contribution is 2.17. The Morgan fingerprint density at radius 2 is 1.78 bits per heavy atom. The number of Topliss-reactive ketones (excluding diaryl/α,β-unsaturated/α-hetero) is 1. The molecule has 5 nitrogen and oxygen atoms in total. The SMILES string of the molecule is CC(=O)c1cccc(Nc2ccc(C(=O)NC(C)(C)C)nc2)c1. The minimum atomic E-state index is -0.303. The summed E-state index contributed by atoms with van der Waals surface area (Å²) >= 11 is 0. The molecule has 5 heteroatoms. The van der Waals surface area contributed by atoms with Crippen molar-refractivity contribution < 1.29 is 9.59 Å². The number of pyridine rings is 1. The molecule has 0 aliphatic heterocycles. The van der Waals surface area contributed by atoms with Crippen LogP contribution < -0.4 is 10.6 Å². The topological polar surface area (TPSA) is 71.1 Å². The number of hydrogen-bond acceptors (Lipinski definition) is 4. The van der Waals surface area contributed by atoms with Gasteiger partial charge in [-0.25, -0.2) is 4.98 Å². The largest absolute Gasteiger partial charge is 0.354 e. The van der Waals surface area contributed by atoms with Gasteiger partial charge in [0.15, 0.2) is 5.78 Å². The zero-order valence-electron chi connectivity index (χ0n) is 13.8. The third-order valence-electron chi connectivity index (χ3n) is 3.04. The van der Waals surface area contributed by atoms with E-state index in [-0.39, 0.29) is 17.2 Å². The summed E-state index contributed by atoms with van der Waals surface area (Å²) in [7, 11) is 0. The van der Waals surface area contributed by atoms with Gasteiger partial charge in [0.2, 0.25) is 0 Å². The molecule has 2 aromatic rings. The second kappa shape index (κ2) is 6.60. The van der Waals surface area contributed by atoms with E-state index in [0.29, 0.717) is 11.3 Å². The highest BCUT2D eigenvalue weighted by Gasteiger charge is 2.16. The van der Waals surface area contributed by atoms with Crippen molar-refractivity contribution in [3.63, 3.8) is 0 Å². The molecule has 1 heterocycles. The average Bonchev–Trinajstić information content (AvgIpc) is 2.46. The highest BCUT2D eigenvalue weighted by molar-refractivity contribution is 5.95. The molecule has 0 unspecified atom stereocenters. The lowest BCUT2D eigenvalue weighted by Gasteiger charge is -2.20. The number of carbonyl (C=O) groups is 2. The highest BCUT2D eigenvalue weighted by atomic mass is 16.2. The molecule has 1 aromatic carbocycles. The molecule has 120 valence electrons. The van der Waals surface area contributed by atoms with Gasteiger partial charge in [-0.1, -0.05) is 12.1 Å². The van der Waals surface area contributed by atoms with Crippen LogP contribution >= 0.6 is 0 Å². The summed E-state index contributed by atoms with van der Waals surface area (Å²) in [5.74, 6) is -0.191. The third kappa shape index (κ3) is 4.92. The van der Waals surface area contributed by atoms with Crippen LogP contribution in [0.25, 0.3) is 0 Å². The lowest BCUT2D eigenvalue weighted by Crippen LogP contribution is -2.40. The number of anilines is 2. The van der Waals surface area contributed by atoms with E-state index in [2.05, 4.69) is 15.6 Å². The Bertz CT molecular complexity index is 716. The van der Waals surface area contributed by atoms with Gasteiger partial charge in [-0.3, -0.25) is 9.59 Å². The molecule has 0 spiro atoms. The molecular weight excluding hydrogens is 290 g/mol. The van der Waals surface area contributed by atoms with Gasteiger partial charge in [0.25, 0.3) is 5.91 Å². The fraction of sp³-hybridized carbons (Fsp3) is 0.278. The first-order valence-electron chi connectivity index (χ1n) is 7.41. The minimum Gasteiger partial charge on any atom is -0.354 e. The molecule has 2 rings (SSSR count). The van der Waals surface area contributed by atoms with Gasteiger partial charge >= 0.3 is 0 Å². The maximum atomic E-state index is 12.0. The fourth-order valence-electron chi connectivity index (χ4n) is 1.99.